The van der Waals surface area contributed by atoms with Crippen LogP contribution in [0.15, 0.2) is 42.9 Å². The molecule has 11 heteroatoms. The summed E-state index contributed by atoms with van der Waals surface area (Å²) >= 11 is 13.0. The molecule has 3 aromatic heterocycles. The molecular weight excluding hydrogens is 527 g/mol. The quantitative estimate of drug-likeness (QED) is 0.320. The van der Waals surface area contributed by atoms with Crippen molar-refractivity contribution >= 4 is 34.4 Å². The number of ether oxygens (including phenoxy) is 2. The molecule has 1 aliphatic heterocycles. The van der Waals surface area contributed by atoms with Gasteiger partial charge in [-0.3, -0.25) is 9.88 Å². The molecule has 0 spiro atoms. The number of nitrogens with zero attached hydrogens (tertiary/aromatic N) is 6. The molecule has 0 amide bonds. The van der Waals surface area contributed by atoms with E-state index in [0.29, 0.717) is 58.4 Å². The van der Waals surface area contributed by atoms with Crippen molar-refractivity contribution in [2.45, 2.75) is 44.4 Å². The number of rotatable bonds is 9. The van der Waals surface area contributed by atoms with E-state index in [-0.39, 0.29) is 11.7 Å². The maximum Gasteiger partial charge on any atom is 0.245 e. The number of aliphatic hydroxyl groups is 1. The predicted octanol–water partition coefficient (Wildman–Crippen LogP) is 4.62. The van der Waals surface area contributed by atoms with Gasteiger partial charge in [0.15, 0.2) is 11.2 Å². The number of aliphatic hydroxyl groups excluding tert-OH is 1. The van der Waals surface area contributed by atoms with E-state index in [2.05, 4.69) is 26.8 Å². The van der Waals surface area contributed by atoms with Crippen LogP contribution >= 0.6 is 23.2 Å². The van der Waals surface area contributed by atoms with Crippen LogP contribution in [0.5, 0.6) is 11.6 Å². The molecule has 1 saturated heterocycles. The maximum atomic E-state index is 9.71. The Morgan fingerprint density at radius 3 is 2.74 bits per heavy atom. The Morgan fingerprint density at radius 1 is 1.13 bits per heavy atom. The van der Waals surface area contributed by atoms with Crippen LogP contribution in [0.25, 0.3) is 22.6 Å². The fraction of sp³-hybridized carbons (Fsp3) is 0.407. The fourth-order valence-electron chi connectivity index (χ4n) is 4.63. The molecule has 198 valence electrons. The molecule has 1 N–H and O–H groups in total. The van der Waals surface area contributed by atoms with Crippen molar-refractivity contribution in [1.29, 1.82) is 0 Å². The lowest BCUT2D eigenvalue weighted by Crippen LogP contribution is -2.27. The first-order valence-electron chi connectivity index (χ1n) is 12.7. The minimum absolute atomic E-state index is 0.219. The van der Waals surface area contributed by atoms with Gasteiger partial charge in [-0.15, -0.1) is 0 Å². The fourth-order valence-corrected chi connectivity index (χ4v) is 5.07. The van der Waals surface area contributed by atoms with E-state index in [1.54, 1.807) is 18.3 Å². The molecule has 1 atom stereocenters. The Bertz CT molecular complexity index is 1470. The SMILES string of the molecule is CC1(Oc2ncnc3c2nc(-c2ccc(OCCN4CC[C@@H](O)C4)cc2Cl)n3Cc2cc(Cl)ccn2)CC1. The van der Waals surface area contributed by atoms with Gasteiger partial charge in [-0.1, -0.05) is 23.2 Å². The summed E-state index contributed by atoms with van der Waals surface area (Å²) in [5.41, 5.74) is 2.47. The van der Waals surface area contributed by atoms with Gasteiger partial charge >= 0.3 is 0 Å². The number of imidazole rings is 1. The summed E-state index contributed by atoms with van der Waals surface area (Å²) < 4.78 is 14.1. The number of likely N-dealkylation sites (tertiary alicyclic amines) is 1. The smallest absolute Gasteiger partial charge is 0.245 e. The normalized spacial score (nSPS) is 18.7. The van der Waals surface area contributed by atoms with Gasteiger partial charge in [-0.25, -0.2) is 9.97 Å². The number of benzene rings is 1. The average Bonchev–Trinajstić information content (AvgIpc) is 3.28. The molecule has 38 heavy (non-hydrogen) atoms. The second kappa shape index (κ2) is 10.3. The second-order valence-corrected chi connectivity index (χ2v) is 11.0. The minimum atomic E-state index is -0.243. The third kappa shape index (κ3) is 5.42. The molecule has 1 aromatic carbocycles. The van der Waals surface area contributed by atoms with E-state index in [1.165, 1.54) is 6.33 Å². The zero-order chi connectivity index (χ0) is 26.3. The highest BCUT2D eigenvalue weighted by molar-refractivity contribution is 6.33. The molecule has 4 heterocycles. The van der Waals surface area contributed by atoms with Crippen molar-refractivity contribution in [2.75, 3.05) is 26.2 Å². The van der Waals surface area contributed by atoms with Gasteiger partial charge < -0.3 is 19.1 Å². The van der Waals surface area contributed by atoms with Crippen LogP contribution < -0.4 is 9.47 Å². The lowest BCUT2D eigenvalue weighted by atomic mass is 10.2. The molecule has 4 aromatic rings. The summed E-state index contributed by atoms with van der Waals surface area (Å²) in [4.78, 5) is 20.5. The molecule has 9 nitrogen and oxygen atoms in total. The summed E-state index contributed by atoms with van der Waals surface area (Å²) in [6, 6.07) is 9.14. The molecule has 1 aliphatic carbocycles. The highest BCUT2D eigenvalue weighted by Gasteiger charge is 2.41. The summed E-state index contributed by atoms with van der Waals surface area (Å²) in [5, 5.41) is 10.8. The standard InChI is InChI=1S/C27H28Cl2N6O3/c1-27(6-7-27)38-26-23-25(31-16-32-26)35(14-18-12-17(28)4-8-30-18)24(33-23)21-3-2-20(13-22(21)29)37-11-10-34-9-5-19(36)15-34/h2-4,8,12-13,16,19,36H,5-7,9-11,14-15H2,1H3/t19-/m1/s1. The van der Waals surface area contributed by atoms with E-state index in [1.807, 2.05) is 22.8 Å². The molecule has 0 unspecified atom stereocenters. The lowest BCUT2D eigenvalue weighted by Gasteiger charge is -2.16. The third-order valence-electron chi connectivity index (χ3n) is 7.00. The topological polar surface area (TPSA) is 98.4 Å². The van der Waals surface area contributed by atoms with Gasteiger partial charge in [0.25, 0.3) is 0 Å². The monoisotopic (exact) mass is 554 g/mol. The first kappa shape index (κ1) is 25.3. The zero-order valence-corrected chi connectivity index (χ0v) is 22.5. The van der Waals surface area contributed by atoms with Crippen LogP contribution in [-0.2, 0) is 6.54 Å². The van der Waals surface area contributed by atoms with Crippen molar-refractivity contribution in [2.24, 2.45) is 0 Å². The van der Waals surface area contributed by atoms with E-state index in [0.717, 1.165) is 43.6 Å². The Labute approximate surface area is 230 Å². The Hall–Kier alpha value is -2.98. The first-order chi connectivity index (χ1) is 18.4. The van der Waals surface area contributed by atoms with Crippen LogP contribution in [0.2, 0.25) is 10.0 Å². The zero-order valence-electron chi connectivity index (χ0n) is 21.0. The van der Waals surface area contributed by atoms with Crippen molar-refractivity contribution in [3.8, 4) is 23.0 Å². The summed E-state index contributed by atoms with van der Waals surface area (Å²) in [6.45, 7) is 5.28. The summed E-state index contributed by atoms with van der Waals surface area (Å²) in [6.07, 6.45) is 5.69. The van der Waals surface area contributed by atoms with Crippen LogP contribution in [0.4, 0.5) is 0 Å². The number of pyridine rings is 1. The van der Waals surface area contributed by atoms with Crippen LogP contribution in [-0.4, -0.2) is 72.5 Å². The Morgan fingerprint density at radius 2 is 2.00 bits per heavy atom. The highest BCUT2D eigenvalue weighted by Crippen LogP contribution is 2.41. The number of fused-ring (bicyclic) bond motifs is 1. The lowest BCUT2D eigenvalue weighted by molar-refractivity contribution is 0.167. The summed E-state index contributed by atoms with van der Waals surface area (Å²) in [7, 11) is 0. The van der Waals surface area contributed by atoms with Crippen LogP contribution in [0.3, 0.4) is 0 Å². The highest BCUT2D eigenvalue weighted by atomic mass is 35.5. The number of halogens is 2. The second-order valence-electron chi connectivity index (χ2n) is 10.1. The van der Waals surface area contributed by atoms with Gasteiger partial charge in [0.2, 0.25) is 5.88 Å². The number of aromatic nitrogens is 5. The van der Waals surface area contributed by atoms with Gasteiger partial charge in [0, 0.05) is 36.4 Å². The third-order valence-corrected chi connectivity index (χ3v) is 7.55. The van der Waals surface area contributed by atoms with E-state index < -0.39 is 0 Å². The summed E-state index contributed by atoms with van der Waals surface area (Å²) in [5.74, 6) is 1.75. The van der Waals surface area contributed by atoms with Crippen molar-refractivity contribution in [3.05, 3.63) is 58.6 Å². The molecule has 0 radical (unpaired) electrons. The van der Waals surface area contributed by atoms with Crippen LogP contribution in [0.1, 0.15) is 31.9 Å². The Balaban J connectivity index is 1.32. The van der Waals surface area contributed by atoms with E-state index >= 15 is 0 Å². The molecule has 2 aliphatic rings. The maximum absolute atomic E-state index is 9.71. The molecular formula is C27H28Cl2N6O3. The Kier molecular flexibility index (Phi) is 6.86. The molecule has 2 fully saturated rings. The largest absolute Gasteiger partial charge is 0.492 e. The first-order valence-corrected chi connectivity index (χ1v) is 13.5. The molecule has 0 bridgehead atoms. The number of hydrogen-bond donors (Lipinski definition) is 1. The van der Waals surface area contributed by atoms with E-state index in [4.69, 9.17) is 37.7 Å². The molecule has 1 saturated carbocycles. The van der Waals surface area contributed by atoms with Gasteiger partial charge in [0.05, 0.1) is 23.4 Å². The van der Waals surface area contributed by atoms with Crippen molar-refractivity contribution < 1.29 is 14.6 Å². The van der Waals surface area contributed by atoms with E-state index in [9.17, 15) is 5.11 Å². The van der Waals surface area contributed by atoms with Gasteiger partial charge in [-0.05, 0) is 56.5 Å². The van der Waals surface area contributed by atoms with Crippen molar-refractivity contribution in [3.63, 3.8) is 0 Å². The van der Waals surface area contributed by atoms with Crippen LogP contribution in [0, 0.1) is 0 Å². The predicted molar refractivity (Wildman–Crippen MR) is 145 cm³/mol. The minimum Gasteiger partial charge on any atom is -0.492 e. The number of hydrogen-bond acceptors (Lipinski definition) is 8. The van der Waals surface area contributed by atoms with Gasteiger partial charge in [0.1, 0.15) is 30.1 Å². The van der Waals surface area contributed by atoms with Gasteiger partial charge in [-0.2, -0.15) is 4.98 Å². The average molecular weight is 555 g/mol. The molecule has 6 rings (SSSR count). The van der Waals surface area contributed by atoms with Crippen molar-refractivity contribution in [1.82, 2.24) is 29.4 Å². The number of β-amino-alcohol motifs (C(OH)–C–C–N with tert-alkyl or cyclic N) is 1.